The third kappa shape index (κ3) is 3.51. The minimum atomic E-state index is -0.426. The highest BCUT2D eigenvalue weighted by molar-refractivity contribution is 5.51. The van der Waals surface area contributed by atoms with Gasteiger partial charge in [0.25, 0.3) is 0 Å². The average Bonchev–Trinajstić information content (AvgIpc) is 3.21. The van der Waals surface area contributed by atoms with Crippen LogP contribution in [-0.4, -0.2) is 33.9 Å². The highest BCUT2D eigenvalue weighted by Crippen LogP contribution is 2.31. The summed E-state index contributed by atoms with van der Waals surface area (Å²) in [5.41, 5.74) is 0.461. The van der Waals surface area contributed by atoms with E-state index >= 15 is 0 Å². The van der Waals surface area contributed by atoms with Crippen LogP contribution in [0.1, 0.15) is 38.5 Å². The van der Waals surface area contributed by atoms with Gasteiger partial charge in [0.05, 0.1) is 18.5 Å². The van der Waals surface area contributed by atoms with Gasteiger partial charge in [0.1, 0.15) is 11.8 Å². The van der Waals surface area contributed by atoms with E-state index in [1.807, 2.05) is 0 Å². The van der Waals surface area contributed by atoms with Gasteiger partial charge >= 0.3 is 0 Å². The fourth-order valence-corrected chi connectivity index (χ4v) is 3.25. The molecule has 2 saturated carbocycles. The second kappa shape index (κ2) is 6.76. The molecule has 0 aliphatic heterocycles. The molecule has 2 aliphatic carbocycles. The molecule has 2 aliphatic rings. The van der Waals surface area contributed by atoms with E-state index in [-0.39, 0.29) is 6.10 Å². The molecule has 0 aromatic carbocycles. The van der Waals surface area contributed by atoms with Crippen LogP contribution in [0.4, 0.5) is 0 Å². The molecule has 2 fully saturated rings. The number of hydrogen-bond donors (Lipinski definition) is 0. The Morgan fingerprint density at radius 1 is 1.12 bits per heavy atom. The quantitative estimate of drug-likeness (QED) is 0.802. The minimum Gasteiger partial charge on any atom is -0.856 e. The van der Waals surface area contributed by atoms with E-state index in [9.17, 15) is 5.11 Å². The molecule has 0 N–H and O–H groups in total. The number of hydrogen-bond acceptors (Lipinski definition) is 7. The van der Waals surface area contributed by atoms with Gasteiger partial charge in [-0.1, -0.05) is 18.0 Å². The highest BCUT2D eigenvalue weighted by Gasteiger charge is 2.32. The van der Waals surface area contributed by atoms with E-state index in [0.717, 1.165) is 25.4 Å². The van der Waals surface area contributed by atoms with Crippen molar-refractivity contribution in [2.75, 3.05) is 6.61 Å². The molecule has 128 valence electrons. The number of ether oxygens (including phenoxy) is 2. The smallest absolute Gasteiger partial charge is 0.232 e. The predicted molar refractivity (Wildman–Crippen MR) is 82.3 cm³/mol. The molecule has 2 aromatic rings. The predicted octanol–water partition coefficient (Wildman–Crippen LogP) is 2.32. The standard InChI is InChI=1S/C17H21N3O4/c21-16-7-15(24-20-16)14-8-19-17(9-18-14)23-13-5-12(6-13)22-10-11-3-1-2-4-11/h7-9,11-13H,1-6,10H2,(H,20,21)/p-1. The lowest BCUT2D eigenvalue weighted by molar-refractivity contribution is -0.277. The van der Waals surface area contributed by atoms with Crippen LogP contribution in [0, 0.1) is 5.92 Å². The summed E-state index contributed by atoms with van der Waals surface area (Å²) >= 11 is 0. The Bertz CT molecular complexity index is 661. The van der Waals surface area contributed by atoms with Gasteiger partial charge in [0.15, 0.2) is 5.76 Å². The van der Waals surface area contributed by atoms with Crippen molar-refractivity contribution >= 4 is 0 Å². The maximum absolute atomic E-state index is 11.0. The van der Waals surface area contributed by atoms with Crippen molar-refractivity contribution in [2.24, 2.45) is 5.92 Å². The summed E-state index contributed by atoms with van der Waals surface area (Å²) in [5.74, 6) is 1.11. The molecule has 0 spiro atoms. The summed E-state index contributed by atoms with van der Waals surface area (Å²) in [6.45, 7) is 0.894. The second-order valence-electron chi connectivity index (χ2n) is 6.59. The normalized spacial score (nSPS) is 24.0. The summed E-state index contributed by atoms with van der Waals surface area (Å²) in [7, 11) is 0. The van der Waals surface area contributed by atoms with Gasteiger partial charge in [0, 0.05) is 31.4 Å². The minimum absolute atomic E-state index is 0.136. The SMILES string of the molecule is [O-]c1cc(-c2cnc(OC3CC(OCC4CCCC4)C3)cn2)on1. The number of nitrogens with zero attached hydrogens (tertiary/aromatic N) is 3. The molecule has 24 heavy (non-hydrogen) atoms. The van der Waals surface area contributed by atoms with Crippen LogP contribution in [0.3, 0.4) is 0 Å². The monoisotopic (exact) mass is 330 g/mol. The lowest BCUT2D eigenvalue weighted by atomic mass is 9.92. The third-order valence-electron chi connectivity index (χ3n) is 4.75. The third-order valence-corrected chi connectivity index (χ3v) is 4.75. The fraction of sp³-hybridized carbons (Fsp3) is 0.588. The van der Waals surface area contributed by atoms with Crippen LogP contribution in [0.2, 0.25) is 0 Å². The Balaban J connectivity index is 1.22. The Kier molecular flexibility index (Phi) is 4.34. The molecular weight excluding hydrogens is 310 g/mol. The molecular formula is C17H20N3O4-. The van der Waals surface area contributed by atoms with Crippen molar-refractivity contribution < 1.29 is 19.1 Å². The Morgan fingerprint density at radius 2 is 1.96 bits per heavy atom. The Labute approximate surface area is 140 Å². The first-order chi connectivity index (χ1) is 11.8. The van der Waals surface area contributed by atoms with Crippen LogP contribution in [-0.2, 0) is 4.74 Å². The zero-order valence-electron chi connectivity index (χ0n) is 13.4. The lowest BCUT2D eigenvalue weighted by Crippen LogP contribution is -2.40. The van der Waals surface area contributed by atoms with Gasteiger partial charge in [0.2, 0.25) is 5.88 Å². The van der Waals surface area contributed by atoms with Gasteiger partial charge in [-0.2, -0.15) is 0 Å². The zero-order valence-corrected chi connectivity index (χ0v) is 13.4. The summed E-state index contributed by atoms with van der Waals surface area (Å²) < 4.78 is 16.6. The molecule has 2 aromatic heterocycles. The van der Waals surface area contributed by atoms with E-state index in [1.54, 1.807) is 0 Å². The highest BCUT2D eigenvalue weighted by atomic mass is 16.5. The average molecular weight is 330 g/mol. The van der Waals surface area contributed by atoms with Crippen molar-refractivity contribution in [2.45, 2.75) is 50.7 Å². The van der Waals surface area contributed by atoms with Crippen LogP contribution in [0.5, 0.6) is 11.8 Å². The van der Waals surface area contributed by atoms with Gasteiger partial charge in [-0.05, 0) is 18.8 Å². The van der Waals surface area contributed by atoms with Crippen molar-refractivity contribution in [3.63, 3.8) is 0 Å². The van der Waals surface area contributed by atoms with Crippen molar-refractivity contribution in [3.8, 4) is 23.2 Å². The largest absolute Gasteiger partial charge is 0.856 e. The van der Waals surface area contributed by atoms with Crippen LogP contribution >= 0.6 is 0 Å². The van der Waals surface area contributed by atoms with Gasteiger partial charge in [-0.3, -0.25) is 0 Å². The maximum atomic E-state index is 11.0. The summed E-state index contributed by atoms with van der Waals surface area (Å²) in [5, 5.41) is 14.3. The van der Waals surface area contributed by atoms with Gasteiger partial charge < -0.3 is 19.1 Å². The summed E-state index contributed by atoms with van der Waals surface area (Å²) in [6.07, 6.45) is 10.6. The van der Waals surface area contributed by atoms with E-state index < -0.39 is 5.88 Å². The molecule has 4 rings (SSSR count). The van der Waals surface area contributed by atoms with E-state index in [1.165, 1.54) is 44.1 Å². The topological polar surface area (TPSA) is 93.3 Å². The molecule has 0 bridgehead atoms. The van der Waals surface area contributed by atoms with Gasteiger partial charge in [-0.15, -0.1) is 0 Å². The second-order valence-corrected chi connectivity index (χ2v) is 6.59. The first-order valence-electron chi connectivity index (χ1n) is 8.50. The first-order valence-corrected chi connectivity index (χ1v) is 8.50. The molecule has 0 atom stereocenters. The van der Waals surface area contributed by atoms with Crippen LogP contribution in [0.25, 0.3) is 11.5 Å². The molecule has 0 unspecified atom stereocenters. The lowest BCUT2D eigenvalue weighted by Gasteiger charge is -2.35. The van der Waals surface area contributed by atoms with E-state index in [4.69, 9.17) is 14.0 Å². The first kappa shape index (κ1) is 15.4. The van der Waals surface area contributed by atoms with Crippen molar-refractivity contribution in [1.29, 1.82) is 0 Å². The molecule has 2 heterocycles. The Morgan fingerprint density at radius 3 is 2.62 bits per heavy atom. The van der Waals surface area contributed by atoms with E-state index in [2.05, 4.69) is 15.1 Å². The summed E-state index contributed by atoms with van der Waals surface area (Å²) in [6, 6.07) is 1.28. The van der Waals surface area contributed by atoms with Crippen molar-refractivity contribution in [1.82, 2.24) is 15.1 Å². The fourth-order valence-electron chi connectivity index (χ4n) is 3.25. The number of aromatic nitrogens is 3. The molecule has 0 radical (unpaired) electrons. The molecule has 7 nitrogen and oxygen atoms in total. The van der Waals surface area contributed by atoms with Crippen LogP contribution in [0.15, 0.2) is 23.0 Å². The van der Waals surface area contributed by atoms with E-state index in [0.29, 0.717) is 23.4 Å². The zero-order chi connectivity index (χ0) is 16.4. The molecule has 0 saturated heterocycles. The molecule has 7 heteroatoms. The Hall–Kier alpha value is -2.15. The van der Waals surface area contributed by atoms with Crippen molar-refractivity contribution in [3.05, 3.63) is 18.5 Å². The molecule has 0 amide bonds. The van der Waals surface area contributed by atoms with Gasteiger partial charge in [-0.25, -0.2) is 9.97 Å². The maximum Gasteiger partial charge on any atom is 0.232 e. The summed E-state index contributed by atoms with van der Waals surface area (Å²) in [4.78, 5) is 8.39. The number of rotatable bonds is 6. The van der Waals surface area contributed by atoms with Crippen LogP contribution < -0.4 is 9.84 Å².